The van der Waals surface area contributed by atoms with E-state index in [4.69, 9.17) is 0 Å². The van der Waals surface area contributed by atoms with Crippen LogP contribution in [0.5, 0.6) is 0 Å². The second-order valence-corrected chi connectivity index (χ2v) is 5.00. The average molecular weight is 292 g/mol. The minimum Gasteiger partial charge on any atom is -0.468 e. The molecule has 0 fully saturated rings. The summed E-state index contributed by atoms with van der Waals surface area (Å²) in [4.78, 5) is 24.9. The average Bonchev–Trinajstić information content (AvgIpc) is 2.52. The zero-order valence-electron chi connectivity index (χ0n) is 13.0. The molecule has 116 valence electrons. The van der Waals surface area contributed by atoms with Crippen LogP contribution in [-0.2, 0) is 14.3 Å². The molecule has 1 aromatic carbocycles. The Morgan fingerprint density at radius 2 is 1.90 bits per heavy atom. The monoisotopic (exact) mass is 292 g/mol. The van der Waals surface area contributed by atoms with Gasteiger partial charge in [0.1, 0.15) is 0 Å². The molecule has 0 saturated heterocycles. The van der Waals surface area contributed by atoms with Gasteiger partial charge in [-0.3, -0.25) is 14.5 Å². The van der Waals surface area contributed by atoms with Crippen molar-refractivity contribution in [3.63, 3.8) is 0 Å². The first kappa shape index (κ1) is 17.2. The van der Waals surface area contributed by atoms with Crippen LogP contribution < -0.4 is 5.32 Å². The Hall–Kier alpha value is -1.88. The molecule has 1 atom stereocenters. The third-order valence-electron chi connectivity index (χ3n) is 3.37. The molecule has 1 unspecified atom stereocenters. The van der Waals surface area contributed by atoms with Crippen molar-refractivity contribution in [2.75, 3.05) is 33.3 Å². The van der Waals surface area contributed by atoms with Crippen LogP contribution in [0.2, 0.25) is 0 Å². The second-order valence-electron chi connectivity index (χ2n) is 5.00. The number of esters is 1. The molecule has 1 N–H and O–H groups in total. The third-order valence-corrected chi connectivity index (χ3v) is 3.37. The molecule has 0 aliphatic rings. The Morgan fingerprint density at radius 3 is 2.48 bits per heavy atom. The fourth-order valence-corrected chi connectivity index (χ4v) is 1.95. The van der Waals surface area contributed by atoms with Crippen LogP contribution in [-0.4, -0.2) is 50.1 Å². The number of amides is 1. The lowest BCUT2D eigenvalue weighted by molar-refractivity contribution is -0.142. The minimum absolute atomic E-state index is 0.0801. The lowest BCUT2D eigenvalue weighted by Crippen LogP contribution is -2.40. The summed E-state index contributed by atoms with van der Waals surface area (Å²) >= 11 is 0. The van der Waals surface area contributed by atoms with Crippen molar-refractivity contribution in [3.8, 4) is 0 Å². The van der Waals surface area contributed by atoms with E-state index >= 15 is 0 Å². The van der Waals surface area contributed by atoms with Crippen molar-refractivity contribution in [1.29, 1.82) is 0 Å². The maximum absolute atomic E-state index is 11.9. The highest BCUT2D eigenvalue weighted by Gasteiger charge is 2.14. The Morgan fingerprint density at radius 1 is 1.24 bits per heavy atom. The number of hydrogen-bond acceptors (Lipinski definition) is 4. The number of methoxy groups -OCH3 is 1. The third kappa shape index (κ3) is 6.40. The maximum Gasteiger partial charge on any atom is 0.319 e. The SMILES string of the molecule is CCN(CC(=O)NCC(C)c1ccccc1)CC(=O)OC. The Balaban J connectivity index is 2.37. The number of rotatable bonds is 8. The number of benzene rings is 1. The molecule has 5 heteroatoms. The van der Waals surface area contributed by atoms with Gasteiger partial charge in [0.15, 0.2) is 0 Å². The van der Waals surface area contributed by atoms with E-state index in [1.54, 1.807) is 4.90 Å². The van der Waals surface area contributed by atoms with E-state index in [0.717, 1.165) is 0 Å². The molecule has 0 saturated carbocycles. The summed E-state index contributed by atoms with van der Waals surface area (Å²) in [6.45, 7) is 5.52. The summed E-state index contributed by atoms with van der Waals surface area (Å²) in [6, 6.07) is 10.0. The first-order valence-electron chi connectivity index (χ1n) is 7.17. The Bertz CT molecular complexity index is 448. The molecule has 0 bridgehead atoms. The van der Waals surface area contributed by atoms with Gasteiger partial charge in [-0.05, 0) is 18.0 Å². The van der Waals surface area contributed by atoms with Gasteiger partial charge in [-0.25, -0.2) is 0 Å². The van der Waals surface area contributed by atoms with Gasteiger partial charge in [0.05, 0.1) is 20.2 Å². The molecular weight excluding hydrogens is 268 g/mol. The van der Waals surface area contributed by atoms with Gasteiger partial charge in [-0.15, -0.1) is 0 Å². The molecule has 0 aromatic heterocycles. The molecular formula is C16H24N2O3. The summed E-state index contributed by atoms with van der Waals surface area (Å²) < 4.78 is 4.61. The first-order valence-corrected chi connectivity index (χ1v) is 7.17. The molecule has 0 radical (unpaired) electrons. The fourth-order valence-electron chi connectivity index (χ4n) is 1.95. The quantitative estimate of drug-likeness (QED) is 0.736. The van der Waals surface area contributed by atoms with Crippen LogP contribution in [0.1, 0.15) is 25.3 Å². The fraction of sp³-hybridized carbons (Fsp3) is 0.500. The second kappa shape index (κ2) is 9.13. The molecule has 5 nitrogen and oxygen atoms in total. The molecule has 0 aliphatic heterocycles. The number of nitrogens with one attached hydrogen (secondary N) is 1. The summed E-state index contributed by atoms with van der Waals surface area (Å²) in [6.07, 6.45) is 0. The van der Waals surface area contributed by atoms with Crippen LogP contribution in [0.3, 0.4) is 0 Å². The van der Waals surface area contributed by atoms with Crippen molar-refractivity contribution < 1.29 is 14.3 Å². The lowest BCUT2D eigenvalue weighted by Gasteiger charge is -2.19. The minimum atomic E-state index is -0.331. The van der Waals surface area contributed by atoms with E-state index in [1.165, 1.54) is 12.7 Å². The van der Waals surface area contributed by atoms with Crippen molar-refractivity contribution in [2.24, 2.45) is 0 Å². The van der Waals surface area contributed by atoms with Crippen LogP contribution in [0.15, 0.2) is 30.3 Å². The van der Waals surface area contributed by atoms with Crippen molar-refractivity contribution in [2.45, 2.75) is 19.8 Å². The van der Waals surface area contributed by atoms with Gasteiger partial charge in [-0.1, -0.05) is 44.2 Å². The van der Waals surface area contributed by atoms with Crippen molar-refractivity contribution >= 4 is 11.9 Å². The summed E-state index contributed by atoms with van der Waals surface area (Å²) in [5, 5.41) is 2.90. The van der Waals surface area contributed by atoms with Crippen LogP contribution >= 0.6 is 0 Å². The molecule has 21 heavy (non-hydrogen) atoms. The number of nitrogens with zero attached hydrogens (tertiary/aromatic N) is 1. The smallest absolute Gasteiger partial charge is 0.319 e. The lowest BCUT2D eigenvalue weighted by atomic mass is 10.0. The molecule has 0 aliphatic carbocycles. The van der Waals surface area contributed by atoms with E-state index in [0.29, 0.717) is 13.1 Å². The Kier molecular flexibility index (Phi) is 7.46. The van der Waals surface area contributed by atoms with Gasteiger partial charge in [0.2, 0.25) is 5.91 Å². The number of hydrogen-bond donors (Lipinski definition) is 1. The van der Waals surface area contributed by atoms with E-state index in [1.807, 2.05) is 37.3 Å². The normalized spacial score (nSPS) is 12.0. The number of carbonyl (C=O) groups excluding carboxylic acids is 2. The maximum atomic E-state index is 11.9. The van der Waals surface area contributed by atoms with Gasteiger partial charge >= 0.3 is 5.97 Å². The van der Waals surface area contributed by atoms with Gasteiger partial charge in [-0.2, -0.15) is 0 Å². The largest absolute Gasteiger partial charge is 0.468 e. The van der Waals surface area contributed by atoms with E-state index in [2.05, 4.69) is 17.0 Å². The summed E-state index contributed by atoms with van der Waals surface area (Å²) in [7, 11) is 1.35. The highest BCUT2D eigenvalue weighted by Crippen LogP contribution is 2.12. The van der Waals surface area contributed by atoms with Gasteiger partial charge < -0.3 is 10.1 Å². The highest BCUT2D eigenvalue weighted by atomic mass is 16.5. The molecule has 0 heterocycles. The zero-order chi connectivity index (χ0) is 15.7. The zero-order valence-corrected chi connectivity index (χ0v) is 13.0. The highest BCUT2D eigenvalue weighted by molar-refractivity contribution is 5.79. The molecule has 1 amide bonds. The van der Waals surface area contributed by atoms with E-state index in [-0.39, 0.29) is 30.9 Å². The summed E-state index contributed by atoms with van der Waals surface area (Å²) in [5.74, 6) is -0.156. The number of carbonyl (C=O) groups is 2. The van der Waals surface area contributed by atoms with Gasteiger partial charge in [0.25, 0.3) is 0 Å². The first-order chi connectivity index (χ1) is 10.1. The topological polar surface area (TPSA) is 58.6 Å². The molecule has 0 spiro atoms. The standard InChI is InChI=1S/C16H24N2O3/c1-4-18(12-16(20)21-3)11-15(19)17-10-13(2)14-8-6-5-7-9-14/h5-9,13H,4,10-12H2,1-3H3,(H,17,19). The number of likely N-dealkylation sites (N-methyl/N-ethyl adjacent to an activating group) is 1. The summed E-state index contributed by atoms with van der Waals surface area (Å²) in [5.41, 5.74) is 1.19. The van der Waals surface area contributed by atoms with Gasteiger partial charge in [0, 0.05) is 6.54 Å². The number of ether oxygens (including phenoxy) is 1. The van der Waals surface area contributed by atoms with Crippen LogP contribution in [0.25, 0.3) is 0 Å². The molecule has 1 rings (SSSR count). The predicted molar refractivity (Wildman–Crippen MR) is 82.0 cm³/mol. The van der Waals surface area contributed by atoms with Crippen LogP contribution in [0, 0.1) is 0 Å². The predicted octanol–water partition coefficient (Wildman–Crippen LogP) is 1.40. The van der Waals surface area contributed by atoms with E-state index in [9.17, 15) is 9.59 Å². The van der Waals surface area contributed by atoms with Crippen LogP contribution in [0.4, 0.5) is 0 Å². The van der Waals surface area contributed by atoms with E-state index < -0.39 is 0 Å². The van der Waals surface area contributed by atoms with Crippen molar-refractivity contribution in [3.05, 3.63) is 35.9 Å². The van der Waals surface area contributed by atoms with Crippen molar-refractivity contribution in [1.82, 2.24) is 10.2 Å². The Labute approximate surface area is 126 Å². The molecule has 1 aromatic rings.